The molecule has 0 aromatic heterocycles. The van der Waals surface area contributed by atoms with Crippen molar-refractivity contribution in [1.82, 2.24) is 0 Å². The van der Waals surface area contributed by atoms with E-state index in [1.165, 1.54) is 0 Å². The Morgan fingerprint density at radius 3 is 2.31 bits per heavy atom. The van der Waals surface area contributed by atoms with Crippen LogP contribution in [0.5, 0.6) is 0 Å². The normalized spacial score (nSPS) is 20.6. The smallest absolute Gasteiger partial charge is 0.324 e. The summed E-state index contributed by atoms with van der Waals surface area (Å²) in [5.41, 5.74) is 0. The molecule has 5 heteroatoms. The number of carbonyl (C=O) groups excluding carboxylic acids is 1. The summed E-state index contributed by atoms with van der Waals surface area (Å²) in [6.07, 6.45) is 3.30. The zero-order valence-electron chi connectivity index (χ0n) is 7.48. The number of hydrogen-bond donors (Lipinski definition) is 2. The van der Waals surface area contributed by atoms with Crippen molar-refractivity contribution in [3.05, 3.63) is 0 Å². The second-order valence-electron chi connectivity index (χ2n) is 3.66. The van der Waals surface area contributed by atoms with Crippen LogP contribution in [0.1, 0.15) is 32.1 Å². The Labute approximate surface area is 77.5 Å². The lowest BCUT2D eigenvalue weighted by Crippen LogP contribution is -2.14. The fourth-order valence-corrected chi connectivity index (χ4v) is 2.34. The molecule has 1 aliphatic rings. The van der Waals surface area contributed by atoms with Crippen molar-refractivity contribution < 1.29 is 19.1 Å². The second-order valence-corrected chi connectivity index (χ2v) is 5.44. The quantitative estimate of drug-likeness (QED) is 0.683. The van der Waals surface area contributed by atoms with Crippen LogP contribution >= 0.6 is 7.60 Å². The highest BCUT2D eigenvalue weighted by molar-refractivity contribution is 7.51. The van der Waals surface area contributed by atoms with E-state index in [0.717, 1.165) is 12.8 Å². The standard InChI is InChI=1S/C8H15O4P/c9-8-3-1-7(2-4-8)5-6-13(10,11)12/h7H,1-6H2,(H2,10,11,12). The summed E-state index contributed by atoms with van der Waals surface area (Å²) in [6.45, 7) is 0. The molecule has 1 saturated carbocycles. The molecule has 76 valence electrons. The van der Waals surface area contributed by atoms with Gasteiger partial charge >= 0.3 is 7.60 Å². The average Bonchev–Trinajstić information content (AvgIpc) is 2.02. The maximum Gasteiger partial charge on any atom is 0.325 e. The van der Waals surface area contributed by atoms with Gasteiger partial charge < -0.3 is 9.79 Å². The number of ketones is 1. The third-order valence-electron chi connectivity index (χ3n) is 2.49. The Morgan fingerprint density at radius 2 is 1.85 bits per heavy atom. The minimum Gasteiger partial charge on any atom is -0.324 e. The van der Waals surface area contributed by atoms with E-state index in [4.69, 9.17) is 9.79 Å². The van der Waals surface area contributed by atoms with Crippen molar-refractivity contribution in [1.29, 1.82) is 0 Å². The minimum absolute atomic E-state index is 0.0359. The van der Waals surface area contributed by atoms with Gasteiger partial charge in [-0.15, -0.1) is 0 Å². The van der Waals surface area contributed by atoms with Crippen molar-refractivity contribution in [2.24, 2.45) is 5.92 Å². The second kappa shape index (κ2) is 4.36. The van der Waals surface area contributed by atoms with Crippen molar-refractivity contribution >= 4 is 13.4 Å². The van der Waals surface area contributed by atoms with Crippen LogP contribution in [0.2, 0.25) is 0 Å². The molecule has 2 N–H and O–H groups in total. The first-order chi connectivity index (χ1) is 5.97. The highest BCUT2D eigenvalue weighted by atomic mass is 31.2. The van der Waals surface area contributed by atoms with E-state index >= 15 is 0 Å². The van der Waals surface area contributed by atoms with Gasteiger partial charge in [0.2, 0.25) is 0 Å². The third-order valence-corrected chi connectivity index (χ3v) is 3.33. The summed E-state index contributed by atoms with van der Waals surface area (Å²) in [7, 11) is -3.83. The third kappa shape index (κ3) is 4.55. The van der Waals surface area contributed by atoms with Gasteiger partial charge in [0.15, 0.2) is 0 Å². The van der Waals surface area contributed by atoms with Gasteiger partial charge in [0.05, 0.1) is 6.16 Å². The summed E-state index contributed by atoms with van der Waals surface area (Å²) < 4.78 is 10.6. The Kier molecular flexibility index (Phi) is 3.65. The first-order valence-electron chi connectivity index (χ1n) is 4.53. The number of Topliss-reactive ketones (excluding diaryl/α,β-unsaturated/α-hetero) is 1. The topological polar surface area (TPSA) is 74.6 Å². The van der Waals surface area contributed by atoms with E-state index in [-0.39, 0.29) is 11.9 Å². The first kappa shape index (κ1) is 10.9. The molecule has 0 unspecified atom stereocenters. The van der Waals surface area contributed by atoms with E-state index in [0.29, 0.717) is 25.2 Å². The van der Waals surface area contributed by atoms with Crippen molar-refractivity contribution in [2.45, 2.75) is 32.1 Å². The molecule has 0 aromatic rings. The molecular formula is C8H15O4P. The lowest BCUT2D eigenvalue weighted by molar-refractivity contribution is -0.121. The van der Waals surface area contributed by atoms with Gasteiger partial charge in [-0.3, -0.25) is 9.36 Å². The van der Waals surface area contributed by atoms with Crippen LogP contribution in [0.15, 0.2) is 0 Å². The average molecular weight is 206 g/mol. The lowest BCUT2D eigenvalue weighted by atomic mass is 9.87. The van der Waals surface area contributed by atoms with Gasteiger partial charge in [-0.1, -0.05) is 0 Å². The molecule has 1 aliphatic carbocycles. The van der Waals surface area contributed by atoms with Gasteiger partial charge in [0.25, 0.3) is 0 Å². The largest absolute Gasteiger partial charge is 0.325 e. The Hall–Kier alpha value is -0.180. The summed E-state index contributed by atoms with van der Waals surface area (Å²) in [6, 6.07) is 0. The van der Waals surface area contributed by atoms with Crippen LogP contribution in [-0.4, -0.2) is 21.7 Å². The predicted octanol–water partition coefficient (Wildman–Crippen LogP) is 1.31. The summed E-state index contributed by atoms with van der Waals surface area (Å²) in [5, 5.41) is 0. The number of rotatable bonds is 3. The van der Waals surface area contributed by atoms with Crippen LogP contribution in [0.3, 0.4) is 0 Å². The maximum absolute atomic E-state index is 10.9. The summed E-state index contributed by atoms with van der Waals surface area (Å²) in [4.78, 5) is 28.1. The molecule has 0 aromatic carbocycles. The first-order valence-corrected chi connectivity index (χ1v) is 6.33. The Morgan fingerprint density at radius 1 is 1.31 bits per heavy atom. The lowest BCUT2D eigenvalue weighted by Gasteiger charge is -2.20. The van der Waals surface area contributed by atoms with E-state index in [1.807, 2.05) is 0 Å². The van der Waals surface area contributed by atoms with Crippen molar-refractivity contribution in [3.8, 4) is 0 Å². The zero-order valence-corrected chi connectivity index (χ0v) is 8.37. The SMILES string of the molecule is O=C1CCC(CCP(=O)(O)O)CC1. The molecule has 13 heavy (non-hydrogen) atoms. The molecule has 0 radical (unpaired) electrons. The molecule has 0 amide bonds. The maximum atomic E-state index is 10.9. The highest BCUT2D eigenvalue weighted by Gasteiger charge is 2.21. The van der Waals surface area contributed by atoms with Gasteiger partial charge in [-0.2, -0.15) is 0 Å². The predicted molar refractivity (Wildman–Crippen MR) is 48.5 cm³/mol. The fraction of sp³-hybridized carbons (Fsp3) is 0.875. The molecule has 1 rings (SSSR count). The van der Waals surface area contributed by atoms with E-state index < -0.39 is 7.60 Å². The molecule has 0 aliphatic heterocycles. The van der Waals surface area contributed by atoms with E-state index in [1.54, 1.807) is 0 Å². The number of carbonyl (C=O) groups is 1. The van der Waals surface area contributed by atoms with Gasteiger partial charge in [0.1, 0.15) is 5.78 Å². The molecule has 0 atom stereocenters. The number of hydrogen-bond acceptors (Lipinski definition) is 2. The highest BCUT2D eigenvalue weighted by Crippen LogP contribution is 2.38. The monoisotopic (exact) mass is 206 g/mol. The van der Waals surface area contributed by atoms with Crippen molar-refractivity contribution in [2.75, 3.05) is 6.16 Å². The molecule has 0 bridgehead atoms. The van der Waals surface area contributed by atoms with E-state index in [9.17, 15) is 9.36 Å². The Balaban J connectivity index is 2.23. The van der Waals surface area contributed by atoms with Crippen LogP contribution < -0.4 is 0 Å². The molecular weight excluding hydrogens is 191 g/mol. The molecule has 1 fully saturated rings. The summed E-state index contributed by atoms with van der Waals surface area (Å²) in [5.74, 6) is 0.623. The van der Waals surface area contributed by atoms with Gasteiger partial charge in [-0.25, -0.2) is 0 Å². The Bertz CT molecular complexity index is 222. The summed E-state index contributed by atoms with van der Waals surface area (Å²) >= 11 is 0. The van der Waals surface area contributed by atoms with Crippen LogP contribution in [0, 0.1) is 5.92 Å². The van der Waals surface area contributed by atoms with Gasteiger partial charge in [-0.05, 0) is 25.2 Å². The molecule has 4 nitrogen and oxygen atoms in total. The molecule has 0 heterocycles. The van der Waals surface area contributed by atoms with E-state index in [2.05, 4.69) is 0 Å². The van der Waals surface area contributed by atoms with Crippen LogP contribution in [-0.2, 0) is 9.36 Å². The zero-order chi connectivity index (χ0) is 9.90. The molecule has 0 saturated heterocycles. The van der Waals surface area contributed by atoms with Crippen molar-refractivity contribution in [3.63, 3.8) is 0 Å². The van der Waals surface area contributed by atoms with Gasteiger partial charge in [0, 0.05) is 12.8 Å². The van der Waals surface area contributed by atoms with Crippen LogP contribution in [0.4, 0.5) is 0 Å². The molecule has 0 spiro atoms. The minimum atomic E-state index is -3.83. The fourth-order valence-electron chi connectivity index (χ4n) is 1.64. The van der Waals surface area contributed by atoms with Crippen LogP contribution in [0.25, 0.3) is 0 Å².